The first-order valence-corrected chi connectivity index (χ1v) is 12.9. The molecular weight excluding hydrogens is 424 g/mol. The van der Waals surface area contributed by atoms with Crippen LogP contribution in [-0.2, 0) is 4.79 Å². The van der Waals surface area contributed by atoms with Gasteiger partial charge in [-0.3, -0.25) is 9.59 Å². The van der Waals surface area contributed by atoms with E-state index >= 15 is 0 Å². The summed E-state index contributed by atoms with van der Waals surface area (Å²) in [5.41, 5.74) is 2.59. The van der Waals surface area contributed by atoms with Crippen molar-refractivity contribution in [3.05, 3.63) is 65.2 Å². The molecule has 180 valence electrons. The van der Waals surface area contributed by atoms with Crippen LogP contribution < -0.4 is 4.74 Å². The van der Waals surface area contributed by atoms with Gasteiger partial charge in [-0.2, -0.15) is 0 Å². The van der Waals surface area contributed by atoms with Crippen LogP contribution in [0.5, 0.6) is 5.75 Å². The second-order valence-electron chi connectivity index (χ2n) is 10.3. The van der Waals surface area contributed by atoms with Crippen molar-refractivity contribution in [2.45, 2.75) is 69.9 Å². The van der Waals surface area contributed by atoms with Gasteiger partial charge in [0.2, 0.25) is 5.91 Å². The number of benzene rings is 2. The lowest BCUT2D eigenvalue weighted by Crippen LogP contribution is -2.53. The predicted octanol–water partition coefficient (Wildman–Crippen LogP) is 5.57. The van der Waals surface area contributed by atoms with Gasteiger partial charge in [-0.05, 0) is 60.9 Å². The van der Waals surface area contributed by atoms with Gasteiger partial charge in [0.1, 0.15) is 5.75 Å². The highest BCUT2D eigenvalue weighted by molar-refractivity contribution is 6.01. The number of hydrogen-bond acceptors (Lipinski definition) is 3. The lowest BCUT2D eigenvalue weighted by Gasteiger charge is -2.48. The quantitative estimate of drug-likeness (QED) is 0.600. The molecule has 0 bridgehead atoms. The van der Waals surface area contributed by atoms with Gasteiger partial charge in [0.25, 0.3) is 5.91 Å². The fraction of sp³-hybridized carbons (Fsp3) is 0.517. The zero-order valence-corrected chi connectivity index (χ0v) is 20.4. The van der Waals surface area contributed by atoms with Gasteiger partial charge in [0.15, 0.2) is 0 Å². The summed E-state index contributed by atoms with van der Waals surface area (Å²) in [6.45, 7) is 3.83. The summed E-state index contributed by atoms with van der Waals surface area (Å²) in [4.78, 5) is 32.4. The number of rotatable bonds is 4. The van der Waals surface area contributed by atoms with E-state index in [2.05, 4.69) is 16.7 Å². The summed E-state index contributed by atoms with van der Waals surface area (Å²) in [7, 11) is 1.66. The molecule has 5 heteroatoms. The molecule has 1 aliphatic carbocycles. The zero-order valence-electron chi connectivity index (χ0n) is 20.4. The van der Waals surface area contributed by atoms with Gasteiger partial charge in [-0.25, -0.2) is 0 Å². The number of nitrogens with zero attached hydrogens (tertiary/aromatic N) is 2. The number of carbonyl (C=O) groups is 2. The Hall–Kier alpha value is -2.82. The third kappa shape index (κ3) is 4.21. The molecule has 2 fully saturated rings. The summed E-state index contributed by atoms with van der Waals surface area (Å²) in [5.74, 6) is 1.12. The van der Waals surface area contributed by atoms with Gasteiger partial charge in [-0.15, -0.1) is 0 Å². The van der Waals surface area contributed by atoms with Crippen LogP contribution in [0.2, 0.25) is 0 Å². The number of fused-ring (bicyclic) bond motifs is 1. The van der Waals surface area contributed by atoms with Crippen molar-refractivity contribution in [3.63, 3.8) is 0 Å². The molecule has 5 nitrogen and oxygen atoms in total. The van der Waals surface area contributed by atoms with Gasteiger partial charge >= 0.3 is 0 Å². The average Bonchev–Trinajstić information content (AvgIpc) is 2.89. The van der Waals surface area contributed by atoms with Crippen LogP contribution in [0.15, 0.2) is 48.5 Å². The SMILES string of the molecule is COc1ccc([C@@H]2[C@H](C(=O)N3CCC[C@H](C)C3)c3ccccc3C(=O)N2C2CCCCC2)cc1. The first-order chi connectivity index (χ1) is 16.6. The van der Waals surface area contributed by atoms with Crippen LogP contribution in [0, 0.1) is 5.92 Å². The average molecular weight is 461 g/mol. The van der Waals surface area contributed by atoms with Crippen molar-refractivity contribution in [1.29, 1.82) is 0 Å². The van der Waals surface area contributed by atoms with Crippen molar-refractivity contribution < 1.29 is 14.3 Å². The van der Waals surface area contributed by atoms with E-state index in [1.54, 1.807) is 7.11 Å². The molecule has 34 heavy (non-hydrogen) atoms. The van der Waals surface area contributed by atoms with Gasteiger partial charge < -0.3 is 14.5 Å². The lowest BCUT2D eigenvalue weighted by molar-refractivity contribution is -0.136. The predicted molar refractivity (Wildman–Crippen MR) is 133 cm³/mol. The minimum atomic E-state index is -0.394. The largest absolute Gasteiger partial charge is 0.497 e. The molecule has 2 aliphatic heterocycles. The van der Waals surface area contributed by atoms with Crippen molar-refractivity contribution in [3.8, 4) is 5.75 Å². The second kappa shape index (κ2) is 9.81. The third-order valence-electron chi connectivity index (χ3n) is 8.04. The number of methoxy groups -OCH3 is 1. The Morgan fingerprint density at radius 1 is 0.941 bits per heavy atom. The highest BCUT2D eigenvalue weighted by Crippen LogP contribution is 2.47. The molecule has 3 aliphatic rings. The minimum Gasteiger partial charge on any atom is -0.497 e. The molecule has 2 amide bonds. The van der Waals surface area contributed by atoms with E-state index in [4.69, 9.17) is 4.74 Å². The maximum absolute atomic E-state index is 14.3. The van der Waals surface area contributed by atoms with Gasteiger partial charge in [0.05, 0.1) is 19.1 Å². The first-order valence-electron chi connectivity index (χ1n) is 12.9. The fourth-order valence-corrected chi connectivity index (χ4v) is 6.32. The van der Waals surface area contributed by atoms with Crippen LogP contribution in [0.1, 0.15) is 85.3 Å². The second-order valence-corrected chi connectivity index (χ2v) is 10.3. The highest BCUT2D eigenvalue weighted by atomic mass is 16.5. The van der Waals surface area contributed by atoms with Crippen LogP contribution in [0.4, 0.5) is 0 Å². The normalized spacial score (nSPS) is 25.7. The first kappa shape index (κ1) is 22.9. The van der Waals surface area contributed by atoms with Gasteiger partial charge in [0, 0.05) is 24.7 Å². The Morgan fingerprint density at radius 2 is 1.68 bits per heavy atom. The van der Waals surface area contributed by atoms with E-state index in [-0.39, 0.29) is 23.9 Å². The van der Waals surface area contributed by atoms with Crippen molar-refractivity contribution in [2.24, 2.45) is 5.92 Å². The Balaban J connectivity index is 1.64. The molecule has 0 radical (unpaired) electrons. The Morgan fingerprint density at radius 3 is 2.38 bits per heavy atom. The Labute approximate surface area is 203 Å². The summed E-state index contributed by atoms with van der Waals surface area (Å²) in [6, 6.07) is 15.6. The van der Waals surface area contributed by atoms with Crippen LogP contribution in [-0.4, -0.2) is 47.9 Å². The Kier molecular flexibility index (Phi) is 6.62. The molecule has 0 N–H and O–H groups in total. The van der Waals surface area contributed by atoms with E-state index in [1.165, 1.54) is 12.8 Å². The number of amides is 2. The maximum atomic E-state index is 14.3. The van der Waals surface area contributed by atoms with Crippen LogP contribution in [0.3, 0.4) is 0 Å². The molecule has 2 heterocycles. The van der Waals surface area contributed by atoms with Crippen molar-refractivity contribution >= 4 is 11.8 Å². The van der Waals surface area contributed by atoms with Crippen molar-refractivity contribution in [2.75, 3.05) is 20.2 Å². The third-order valence-corrected chi connectivity index (χ3v) is 8.04. The van der Waals surface area contributed by atoms with E-state index in [1.807, 2.05) is 48.5 Å². The molecule has 1 saturated carbocycles. The maximum Gasteiger partial charge on any atom is 0.254 e. The molecule has 0 unspecified atom stereocenters. The van der Waals surface area contributed by atoms with Gasteiger partial charge in [-0.1, -0.05) is 56.5 Å². The monoisotopic (exact) mass is 460 g/mol. The number of likely N-dealkylation sites (tertiary alicyclic amines) is 1. The summed E-state index contributed by atoms with van der Waals surface area (Å²) in [5, 5.41) is 0. The van der Waals surface area contributed by atoms with Crippen LogP contribution >= 0.6 is 0 Å². The number of carbonyl (C=O) groups excluding carboxylic acids is 2. The molecule has 0 aromatic heterocycles. The summed E-state index contributed by atoms with van der Waals surface area (Å²) < 4.78 is 5.40. The summed E-state index contributed by atoms with van der Waals surface area (Å²) >= 11 is 0. The molecular formula is C29H36N2O3. The standard InChI is InChI=1S/C29H36N2O3/c1-20-9-8-18-30(19-20)29(33)26-24-12-6-7-13-25(24)28(32)31(22-10-4-3-5-11-22)27(26)21-14-16-23(34-2)17-15-21/h6-7,12-17,20,22,26-27H,3-5,8-11,18-19H2,1-2H3/t20-,26+,27+/m0/s1. The highest BCUT2D eigenvalue weighted by Gasteiger charge is 2.48. The Bertz CT molecular complexity index is 1030. The molecule has 0 spiro atoms. The lowest BCUT2D eigenvalue weighted by atomic mass is 9.76. The fourth-order valence-electron chi connectivity index (χ4n) is 6.32. The zero-order chi connectivity index (χ0) is 23.7. The topological polar surface area (TPSA) is 49.9 Å². The van der Waals surface area contributed by atoms with E-state index in [0.29, 0.717) is 11.5 Å². The smallest absolute Gasteiger partial charge is 0.254 e. The van der Waals surface area contributed by atoms with E-state index < -0.39 is 5.92 Å². The number of ether oxygens (including phenoxy) is 1. The molecule has 2 aromatic carbocycles. The number of hydrogen-bond donors (Lipinski definition) is 0. The van der Waals surface area contributed by atoms with Crippen molar-refractivity contribution in [1.82, 2.24) is 9.80 Å². The molecule has 1 saturated heterocycles. The summed E-state index contributed by atoms with van der Waals surface area (Å²) in [6.07, 6.45) is 7.70. The molecule has 5 rings (SSSR count). The van der Waals surface area contributed by atoms with Crippen LogP contribution in [0.25, 0.3) is 0 Å². The number of piperidine rings is 1. The molecule has 2 aromatic rings. The van der Waals surface area contributed by atoms with E-state index in [9.17, 15) is 9.59 Å². The minimum absolute atomic E-state index is 0.0689. The molecule has 3 atom stereocenters. The van der Waals surface area contributed by atoms with E-state index in [0.717, 1.165) is 62.1 Å².